The summed E-state index contributed by atoms with van der Waals surface area (Å²) in [5.74, 6) is -2.05. The van der Waals surface area contributed by atoms with Gasteiger partial charge in [-0.1, -0.05) is 6.42 Å². The molecule has 7 nitrogen and oxygen atoms in total. The fraction of sp³-hybridized carbons (Fsp3) is 0.579. The van der Waals surface area contributed by atoms with E-state index in [0.29, 0.717) is 26.2 Å². The van der Waals surface area contributed by atoms with E-state index in [1.807, 2.05) is 0 Å². The summed E-state index contributed by atoms with van der Waals surface area (Å²) in [7, 11) is -4.03. The van der Waals surface area contributed by atoms with Crippen LogP contribution in [-0.2, 0) is 19.6 Å². The Balaban J connectivity index is 1.76. The van der Waals surface area contributed by atoms with Crippen LogP contribution in [0.5, 0.6) is 0 Å². The maximum Gasteiger partial charge on any atom is 0.338 e. The summed E-state index contributed by atoms with van der Waals surface area (Å²) < 4.78 is 46.2. The standard InChI is InChI=1S/C19H25FN2O5S/c1-14(18(23)21-9-5-6-10-21)27-19(24)15-7-8-16(20)17(13-15)28(25,26)22-11-3-2-4-12-22/h7-8,13-14H,2-6,9-12H2,1H3/t14-/m1/s1. The van der Waals surface area contributed by atoms with E-state index in [4.69, 9.17) is 4.74 Å². The molecule has 2 aliphatic rings. The van der Waals surface area contributed by atoms with Crippen LogP contribution in [-0.4, -0.2) is 61.8 Å². The quantitative estimate of drug-likeness (QED) is 0.692. The Kier molecular flexibility index (Phi) is 6.34. The third-order valence-electron chi connectivity index (χ3n) is 5.15. The second-order valence-corrected chi connectivity index (χ2v) is 9.10. The van der Waals surface area contributed by atoms with E-state index < -0.39 is 32.8 Å². The van der Waals surface area contributed by atoms with Gasteiger partial charge in [-0.3, -0.25) is 4.79 Å². The minimum atomic E-state index is -4.03. The monoisotopic (exact) mass is 412 g/mol. The van der Waals surface area contributed by atoms with Gasteiger partial charge in [-0.2, -0.15) is 4.31 Å². The number of piperidine rings is 1. The minimum Gasteiger partial charge on any atom is -0.449 e. The van der Waals surface area contributed by atoms with Gasteiger partial charge in [0.1, 0.15) is 10.7 Å². The number of likely N-dealkylation sites (tertiary alicyclic amines) is 1. The molecule has 28 heavy (non-hydrogen) atoms. The van der Waals surface area contributed by atoms with E-state index in [2.05, 4.69) is 0 Å². The van der Waals surface area contributed by atoms with Crippen molar-refractivity contribution in [2.45, 2.75) is 50.0 Å². The fourth-order valence-corrected chi connectivity index (χ4v) is 5.15. The molecule has 1 atom stereocenters. The van der Waals surface area contributed by atoms with E-state index >= 15 is 0 Å². The van der Waals surface area contributed by atoms with Gasteiger partial charge < -0.3 is 9.64 Å². The molecule has 2 aliphatic heterocycles. The van der Waals surface area contributed by atoms with Crippen molar-refractivity contribution in [3.05, 3.63) is 29.6 Å². The Morgan fingerprint density at radius 3 is 2.29 bits per heavy atom. The number of ether oxygens (including phenoxy) is 1. The molecule has 1 aromatic rings. The Labute approximate surface area is 164 Å². The zero-order valence-corrected chi connectivity index (χ0v) is 16.7. The lowest BCUT2D eigenvalue weighted by atomic mass is 10.2. The summed E-state index contributed by atoms with van der Waals surface area (Å²) in [6.45, 7) is 3.41. The van der Waals surface area contributed by atoms with Crippen LogP contribution in [0.25, 0.3) is 0 Å². The van der Waals surface area contributed by atoms with Crippen LogP contribution in [0.2, 0.25) is 0 Å². The maximum atomic E-state index is 14.3. The van der Waals surface area contributed by atoms with E-state index in [1.165, 1.54) is 17.3 Å². The maximum absolute atomic E-state index is 14.3. The van der Waals surface area contributed by atoms with Crippen molar-refractivity contribution >= 4 is 21.9 Å². The summed E-state index contributed by atoms with van der Waals surface area (Å²) in [6, 6.07) is 3.11. The molecule has 0 N–H and O–H groups in total. The molecule has 1 amide bonds. The van der Waals surface area contributed by atoms with Gasteiger partial charge in [0.05, 0.1) is 5.56 Å². The topological polar surface area (TPSA) is 84.0 Å². The molecule has 0 spiro atoms. The molecule has 0 aliphatic carbocycles. The van der Waals surface area contributed by atoms with E-state index in [0.717, 1.165) is 44.2 Å². The number of carbonyl (C=O) groups excluding carboxylic acids is 2. The van der Waals surface area contributed by atoms with Crippen molar-refractivity contribution in [3.8, 4) is 0 Å². The van der Waals surface area contributed by atoms with Crippen molar-refractivity contribution in [2.24, 2.45) is 0 Å². The molecule has 2 heterocycles. The van der Waals surface area contributed by atoms with E-state index in [9.17, 15) is 22.4 Å². The number of hydrogen-bond donors (Lipinski definition) is 0. The summed E-state index contributed by atoms with van der Waals surface area (Å²) in [5, 5.41) is 0. The molecule has 154 valence electrons. The largest absolute Gasteiger partial charge is 0.449 e. The highest BCUT2D eigenvalue weighted by molar-refractivity contribution is 7.89. The zero-order chi connectivity index (χ0) is 20.3. The van der Waals surface area contributed by atoms with Gasteiger partial charge in [0, 0.05) is 26.2 Å². The van der Waals surface area contributed by atoms with Crippen LogP contribution in [0.1, 0.15) is 49.4 Å². The van der Waals surface area contributed by atoms with Gasteiger partial charge in [-0.15, -0.1) is 0 Å². The molecular weight excluding hydrogens is 387 g/mol. The highest BCUT2D eigenvalue weighted by atomic mass is 32.2. The number of hydrogen-bond acceptors (Lipinski definition) is 5. The third kappa shape index (κ3) is 4.35. The molecule has 2 saturated heterocycles. The van der Waals surface area contributed by atoms with Crippen LogP contribution < -0.4 is 0 Å². The summed E-state index contributed by atoms with van der Waals surface area (Å²) in [5.41, 5.74) is -0.0990. The number of halogens is 1. The first kappa shape index (κ1) is 20.7. The number of rotatable bonds is 5. The Morgan fingerprint density at radius 1 is 1.04 bits per heavy atom. The SMILES string of the molecule is C[C@@H](OC(=O)c1ccc(F)c(S(=O)(=O)N2CCCCC2)c1)C(=O)N1CCCC1. The summed E-state index contributed by atoms with van der Waals surface area (Å²) in [4.78, 5) is 25.8. The van der Waals surface area contributed by atoms with Gasteiger partial charge >= 0.3 is 5.97 Å². The molecule has 1 aromatic carbocycles. The minimum absolute atomic E-state index is 0.0990. The van der Waals surface area contributed by atoms with Crippen LogP contribution in [0, 0.1) is 5.82 Å². The van der Waals surface area contributed by atoms with Crippen molar-refractivity contribution in [1.82, 2.24) is 9.21 Å². The molecule has 0 aromatic heterocycles. The Morgan fingerprint density at radius 2 is 1.64 bits per heavy atom. The molecule has 3 rings (SSSR count). The van der Waals surface area contributed by atoms with Gasteiger partial charge in [-0.05, 0) is 50.8 Å². The predicted octanol–water partition coefficient (Wildman–Crippen LogP) is 2.17. The van der Waals surface area contributed by atoms with Crippen molar-refractivity contribution in [1.29, 1.82) is 0 Å². The van der Waals surface area contributed by atoms with Crippen LogP contribution in [0.15, 0.2) is 23.1 Å². The van der Waals surface area contributed by atoms with Gasteiger partial charge in [0.2, 0.25) is 10.0 Å². The first-order valence-electron chi connectivity index (χ1n) is 9.60. The number of esters is 1. The van der Waals surface area contributed by atoms with Crippen molar-refractivity contribution in [2.75, 3.05) is 26.2 Å². The fourth-order valence-electron chi connectivity index (χ4n) is 3.55. The second-order valence-electron chi connectivity index (χ2n) is 7.19. The van der Waals surface area contributed by atoms with Crippen LogP contribution in [0.4, 0.5) is 4.39 Å². The van der Waals surface area contributed by atoms with Crippen molar-refractivity contribution in [3.63, 3.8) is 0 Å². The average molecular weight is 412 g/mol. The number of sulfonamides is 1. The molecule has 2 fully saturated rings. The summed E-state index contributed by atoms with van der Waals surface area (Å²) >= 11 is 0. The first-order chi connectivity index (χ1) is 13.3. The van der Waals surface area contributed by atoms with Gasteiger partial charge in [0.25, 0.3) is 5.91 Å². The van der Waals surface area contributed by atoms with Crippen molar-refractivity contribution < 1.29 is 27.1 Å². The van der Waals surface area contributed by atoms with E-state index in [1.54, 1.807) is 4.90 Å². The number of amides is 1. The molecule has 0 bridgehead atoms. The summed E-state index contributed by atoms with van der Waals surface area (Å²) in [6.07, 6.45) is 3.23. The van der Waals surface area contributed by atoms with Crippen LogP contribution in [0.3, 0.4) is 0 Å². The van der Waals surface area contributed by atoms with Gasteiger partial charge in [0.15, 0.2) is 6.10 Å². The Bertz CT molecular complexity index is 846. The lowest BCUT2D eigenvalue weighted by Gasteiger charge is -2.26. The number of benzene rings is 1. The molecular formula is C19H25FN2O5S. The smallest absolute Gasteiger partial charge is 0.338 e. The molecule has 0 unspecified atom stereocenters. The molecule has 0 saturated carbocycles. The second kappa shape index (κ2) is 8.57. The predicted molar refractivity (Wildman–Crippen MR) is 99.7 cm³/mol. The van der Waals surface area contributed by atoms with Crippen LogP contribution >= 0.6 is 0 Å². The van der Waals surface area contributed by atoms with Gasteiger partial charge in [-0.25, -0.2) is 17.6 Å². The molecule has 0 radical (unpaired) electrons. The number of carbonyl (C=O) groups is 2. The lowest BCUT2D eigenvalue weighted by molar-refractivity contribution is -0.138. The third-order valence-corrected chi connectivity index (χ3v) is 7.06. The molecule has 9 heteroatoms. The highest BCUT2D eigenvalue weighted by Gasteiger charge is 2.31. The zero-order valence-electron chi connectivity index (χ0n) is 15.9. The lowest BCUT2D eigenvalue weighted by Crippen LogP contribution is -2.38. The van der Waals surface area contributed by atoms with E-state index in [-0.39, 0.29) is 11.5 Å². The average Bonchev–Trinajstić information content (AvgIpc) is 3.23. The normalized spacial score (nSPS) is 19.4. The number of nitrogens with zero attached hydrogens (tertiary/aromatic N) is 2. The highest BCUT2D eigenvalue weighted by Crippen LogP contribution is 2.24. The first-order valence-corrected chi connectivity index (χ1v) is 11.0. The Hall–Kier alpha value is -2.00.